The minimum atomic E-state index is -3.78. The van der Waals surface area contributed by atoms with E-state index in [2.05, 4.69) is 9.71 Å². The third-order valence-corrected chi connectivity index (χ3v) is 7.40. The predicted octanol–water partition coefficient (Wildman–Crippen LogP) is 3.00. The van der Waals surface area contributed by atoms with Crippen LogP contribution in [-0.2, 0) is 27.9 Å². The topological polar surface area (TPSA) is 97.4 Å². The Morgan fingerprint density at radius 3 is 2.77 bits per heavy atom. The SMILES string of the molecule is Cc1csc(-c2cc(S(=O)(=O)NCc3ccco3)cn2CC(=O)N2CCCCC2)n1. The zero-order chi connectivity index (χ0) is 21.1. The average Bonchev–Trinajstić information content (AvgIpc) is 3.48. The number of furan rings is 1. The summed E-state index contributed by atoms with van der Waals surface area (Å²) in [7, 11) is -3.78. The van der Waals surface area contributed by atoms with E-state index in [0.29, 0.717) is 16.5 Å². The summed E-state index contributed by atoms with van der Waals surface area (Å²) in [5, 5.41) is 2.59. The third-order valence-electron chi connectivity index (χ3n) is 5.05. The molecule has 3 aromatic heterocycles. The van der Waals surface area contributed by atoms with Gasteiger partial charge in [-0.2, -0.15) is 0 Å². The first-order chi connectivity index (χ1) is 14.4. The number of nitrogens with one attached hydrogen (secondary N) is 1. The van der Waals surface area contributed by atoms with Crippen LogP contribution < -0.4 is 4.72 Å². The monoisotopic (exact) mass is 448 g/mol. The largest absolute Gasteiger partial charge is 0.468 e. The number of hydrogen-bond acceptors (Lipinski definition) is 6. The normalized spacial score (nSPS) is 14.9. The Bertz CT molecular complexity index is 1110. The molecule has 4 heterocycles. The molecule has 0 unspecified atom stereocenters. The molecule has 160 valence electrons. The number of aromatic nitrogens is 2. The molecule has 10 heteroatoms. The second-order valence-electron chi connectivity index (χ2n) is 7.33. The van der Waals surface area contributed by atoms with E-state index < -0.39 is 10.0 Å². The summed E-state index contributed by atoms with van der Waals surface area (Å²) in [5.74, 6) is 0.515. The summed E-state index contributed by atoms with van der Waals surface area (Å²) in [6.45, 7) is 3.53. The van der Waals surface area contributed by atoms with Gasteiger partial charge < -0.3 is 13.9 Å². The van der Waals surface area contributed by atoms with Gasteiger partial charge in [-0.1, -0.05) is 0 Å². The Hall–Kier alpha value is -2.43. The Labute approximate surface area is 179 Å². The van der Waals surface area contributed by atoms with Gasteiger partial charge in [-0.15, -0.1) is 11.3 Å². The van der Waals surface area contributed by atoms with Gasteiger partial charge in [-0.3, -0.25) is 4.79 Å². The Balaban J connectivity index is 1.61. The maximum Gasteiger partial charge on any atom is 0.242 e. The second kappa shape index (κ2) is 8.75. The minimum absolute atomic E-state index is 0.00711. The van der Waals surface area contributed by atoms with E-state index in [9.17, 15) is 13.2 Å². The van der Waals surface area contributed by atoms with Gasteiger partial charge in [0.2, 0.25) is 15.9 Å². The highest BCUT2D eigenvalue weighted by molar-refractivity contribution is 7.89. The van der Waals surface area contributed by atoms with Crippen molar-refractivity contribution in [2.24, 2.45) is 0 Å². The fourth-order valence-corrected chi connectivity index (χ4v) is 5.32. The molecule has 0 radical (unpaired) electrons. The maximum atomic E-state index is 12.8. The van der Waals surface area contributed by atoms with Gasteiger partial charge in [0.25, 0.3) is 0 Å². The molecule has 1 aliphatic heterocycles. The number of sulfonamides is 1. The van der Waals surface area contributed by atoms with Crippen molar-refractivity contribution in [2.45, 2.75) is 44.2 Å². The van der Waals surface area contributed by atoms with Crippen LogP contribution in [0.2, 0.25) is 0 Å². The number of hydrogen-bond donors (Lipinski definition) is 1. The van der Waals surface area contributed by atoms with Crippen molar-refractivity contribution in [1.82, 2.24) is 19.2 Å². The molecule has 1 N–H and O–H groups in total. The van der Waals surface area contributed by atoms with Crippen molar-refractivity contribution in [3.63, 3.8) is 0 Å². The van der Waals surface area contributed by atoms with Crippen LogP contribution in [0.25, 0.3) is 10.7 Å². The zero-order valence-electron chi connectivity index (χ0n) is 16.7. The van der Waals surface area contributed by atoms with Gasteiger partial charge in [-0.05, 0) is 44.4 Å². The van der Waals surface area contributed by atoms with Crippen molar-refractivity contribution < 1.29 is 17.6 Å². The molecule has 1 amide bonds. The van der Waals surface area contributed by atoms with Gasteiger partial charge in [0.1, 0.15) is 22.2 Å². The van der Waals surface area contributed by atoms with Gasteiger partial charge >= 0.3 is 0 Å². The van der Waals surface area contributed by atoms with Crippen molar-refractivity contribution in [1.29, 1.82) is 0 Å². The summed E-state index contributed by atoms with van der Waals surface area (Å²) in [6.07, 6.45) is 6.16. The number of amides is 1. The smallest absolute Gasteiger partial charge is 0.242 e. The number of carbonyl (C=O) groups excluding carboxylic acids is 1. The van der Waals surface area contributed by atoms with Crippen LogP contribution in [0.3, 0.4) is 0 Å². The Morgan fingerprint density at radius 2 is 2.10 bits per heavy atom. The highest BCUT2D eigenvalue weighted by Crippen LogP contribution is 2.28. The van der Waals surface area contributed by atoms with E-state index in [1.807, 2.05) is 17.2 Å². The highest BCUT2D eigenvalue weighted by Gasteiger charge is 2.23. The standard InChI is InChI=1S/C20H24N4O4S2/c1-15-14-29-20(22-15)18-10-17(30(26,27)21-11-16-6-5-9-28-16)12-24(18)13-19(25)23-7-3-2-4-8-23/h5-6,9-10,12,14,21H,2-4,7-8,11,13H2,1H3. The van der Waals surface area contributed by atoms with Crippen molar-refractivity contribution in [2.75, 3.05) is 13.1 Å². The van der Waals surface area contributed by atoms with Gasteiger partial charge in [0.05, 0.1) is 18.5 Å². The van der Waals surface area contributed by atoms with E-state index in [-0.39, 0.29) is 23.9 Å². The van der Waals surface area contributed by atoms with E-state index in [1.54, 1.807) is 22.8 Å². The van der Waals surface area contributed by atoms with Gasteiger partial charge in [0, 0.05) is 30.4 Å². The first-order valence-electron chi connectivity index (χ1n) is 9.85. The van der Waals surface area contributed by atoms with Crippen LogP contribution in [0, 0.1) is 6.92 Å². The maximum absolute atomic E-state index is 12.8. The van der Waals surface area contributed by atoms with Gasteiger partial charge in [-0.25, -0.2) is 18.1 Å². The molecule has 0 aromatic carbocycles. The molecule has 0 saturated carbocycles. The predicted molar refractivity (Wildman–Crippen MR) is 113 cm³/mol. The minimum Gasteiger partial charge on any atom is -0.468 e. The quantitative estimate of drug-likeness (QED) is 0.599. The molecule has 0 atom stereocenters. The summed E-state index contributed by atoms with van der Waals surface area (Å²) < 4.78 is 35.1. The lowest BCUT2D eigenvalue weighted by Gasteiger charge is -2.27. The molecular weight excluding hydrogens is 424 g/mol. The molecule has 0 aliphatic carbocycles. The third kappa shape index (κ3) is 4.66. The first kappa shape index (κ1) is 20.8. The summed E-state index contributed by atoms with van der Waals surface area (Å²) in [4.78, 5) is 19.2. The molecule has 1 saturated heterocycles. The van der Waals surface area contributed by atoms with E-state index >= 15 is 0 Å². The van der Waals surface area contributed by atoms with Crippen LogP contribution in [0.4, 0.5) is 0 Å². The molecule has 0 bridgehead atoms. The molecule has 4 rings (SSSR count). The molecule has 1 aliphatic rings. The molecule has 8 nitrogen and oxygen atoms in total. The average molecular weight is 449 g/mol. The van der Waals surface area contributed by atoms with Crippen molar-refractivity contribution in [3.8, 4) is 10.7 Å². The number of rotatable bonds is 7. The molecule has 30 heavy (non-hydrogen) atoms. The summed E-state index contributed by atoms with van der Waals surface area (Å²) in [5.41, 5.74) is 1.47. The number of carbonyl (C=O) groups is 1. The Kier molecular flexibility index (Phi) is 6.07. The summed E-state index contributed by atoms with van der Waals surface area (Å²) >= 11 is 1.43. The fourth-order valence-electron chi connectivity index (χ4n) is 3.46. The van der Waals surface area contributed by atoms with Crippen LogP contribution in [0.5, 0.6) is 0 Å². The van der Waals surface area contributed by atoms with E-state index in [4.69, 9.17) is 4.42 Å². The van der Waals surface area contributed by atoms with Gasteiger partial charge in [0.15, 0.2) is 0 Å². The molecule has 0 spiro atoms. The van der Waals surface area contributed by atoms with Crippen LogP contribution in [0.1, 0.15) is 30.7 Å². The van der Waals surface area contributed by atoms with Crippen LogP contribution in [-0.4, -0.2) is 41.9 Å². The highest BCUT2D eigenvalue weighted by atomic mass is 32.2. The van der Waals surface area contributed by atoms with Crippen molar-refractivity contribution in [3.05, 3.63) is 47.5 Å². The van der Waals surface area contributed by atoms with E-state index in [0.717, 1.165) is 38.0 Å². The Morgan fingerprint density at radius 1 is 1.30 bits per heavy atom. The lowest BCUT2D eigenvalue weighted by Crippen LogP contribution is -2.37. The zero-order valence-corrected chi connectivity index (χ0v) is 18.3. The van der Waals surface area contributed by atoms with Crippen LogP contribution in [0.15, 0.2) is 45.4 Å². The first-order valence-corrected chi connectivity index (χ1v) is 12.2. The number of nitrogens with zero attached hydrogens (tertiary/aromatic N) is 3. The summed E-state index contributed by atoms with van der Waals surface area (Å²) in [6, 6.07) is 4.98. The lowest BCUT2D eigenvalue weighted by atomic mass is 10.1. The molecule has 3 aromatic rings. The van der Waals surface area contributed by atoms with Crippen LogP contribution >= 0.6 is 11.3 Å². The van der Waals surface area contributed by atoms with Crippen molar-refractivity contribution >= 4 is 27.3 Å². The van der Waals surface area contributed by atoms with E-state index in [1.165, 1.54) is 23.8 Å². The fraction of sp³-hybridized carbons (Fsp3) is 0.400. The number of piperidine rings is 1. The lowest BCUT2D eigenvalue weighted by molar-refractivity contribution is -0.132. The molecule has 1 fully saturated rings. The number of likely N-dealkylation sites (tertiary alicyclic amines) is 1. The molecular formula is C20H24N4O4S2. The number of aryl methyl sites for hydroxylation is 1. The number of thiazole rings is 1. The second-order valence-corrected chi connectivity index (χ2v) is 9.95.